The lowest BCUT2D eigenvalue weighted by molar-refractivity contribution is -0.125. The van der Waals surface area contributed by atoms with Gasteiger partial charge in [0, 0.05) is 11.3 Å². The van der Waals surface area contributed by atoms with E-state index in [2.05, 4.69) is 0 Å². The maximum atomic E-state index is 13.8. The van der Waals surface area contributed by atoms with Crippen LogP contribution in [0, 0.1) is 5.82 Å². The van der Waals surface area contributed by atoms with Gasteiger partial charge in [0.25, 0.3) is 5.91 Å². The highest BCUT2D eigenvalue weighted by atomic mass is 32.2. The lowest BCUT2D eigenvalue weighted by Gasteiger charge is -2.33. The molecule has 2 aromatic rings. The Bertz CT molecular complexity index is 951. The van der Waals surface area contributed by atoms with E-state index in [0.29, 0.717) is 16.9 Å². The van der Waals surface area contributed by atoms with Crippen LogP contribution in [0.2, 0.25) is 0 Å². The molecular weight excluding hydrogens is 357 g/mol. The summed E-state index contributed by atoms with van der Waals surface area (Å²) in [7, 11) is 0. The molecule has 2 N–H and O–H groups in total. The molecule has 1 spiro atoms. The molecule has 2 aliphatic heterocycles. The van der Waals surface area contributed by atoms with Gasteiger partial charge < -0.3 is 5.73 Å². The first-order valence-electron chi connectivity index (χ1n) is 7.87. The lowest BCUT2D eigenvalue weighted by Crippen LogP contribution is -2.51. The molecule has 2 heterocycles. The lowest BCUT2D eigenvalue weighted by atomic mass is 10.0. The monoisotopic (exact) mass is 371 g/mol. The second kappa shape index (κ2) is 5.84. The minimum Gasteiger partial charge on any atom is -0.368 e. The summed E-state index contributed by atoms with van der Waals surface area (Å²) in [5.74, 6) is -1.82. The molecule has 1 atom stereocenters. The molecule has 1 unspecified atom stereocenters. The molecule has 2 aliphatic rings. The number of nitrogens with two attached hydrogens (primary N) is 1. The normalized spacial score (nSPS) is 21.6. The van der Waals surface area contributed by atoms with E-state index in [-0.39, 0.29) is 18.2 Å². The van der Waals surface area contributed by atoms with Crippen molar-refractivity contribution in [1.82, 2.24) is 0 Å². The van der Waals surface area contributed by atoms with Gasteiger partial charge in [-0.1, -0.05) is 24.3 Å². The van der Waals surface area contributed by atoms with E-state index in [1.54, 1.807) is 30.3 Å². The number of halogens is 1. The molecule has 0 saturated carbocycles. The molecule has 0 bridgehead atoms. The average Bonchev–Trinajstić information content (AvgIpc) is 3.07. The Morgan fingerprint density at radius 3 is 2.69 bits per heavy atom. The molecule has 8 heteroatoms. The number of hydrogen-bond acceptors (Lipinski definition) is 4. The predicted octanol–water partition coefficient (Wildman–Crippen LogP) is 1.59. The summed E-state index contributed by atoms with van der Waals surface area (Å²) in [6, 6.07) is 12.5. The molecule has 132 valence electrons. The number of rotatable bonds is 3. The Morgan fingerprint density at radius 1 is 1.19 bits per heavy atom. The summed E-state index contributed by atoms with van der Waals surface area (Å²) in [6.45, 7) is -0.288. The highest BCUT2D eigenvalue weighted by Gasteiger charge is 2.61. The van der Waals surface area contributed by atoms with E-state index in [1.807, 2.05) is 0 Å². The second-order valence-electron chi connectivity index (χ2n) is 6.02. The maximum absolute atomic E-state index is 13.8. The Morgan fingerprint density at radius 2 is 1.96 bits per heavy atom. The van der Waals surface area contributed by atoms with Gasteiger partial charge in [0.15, 0.2) is 0 Å². The van der Waals surface area contributed by atoms with E-state index in [1.165, 1.54) is 28.0 Å². The van der Waals surface area contributed by atoms with Crippen molar-refractivity contribution in [2.75, 3.05) is 22.1 Å². The number of carbonyl (C=O) groups excluding carboxylic acids is 3. The van der Waals surface area contributed by atoms with Gasteiger partial charge in [0.1, 0.15) is 12.4 Å². The third-order valence-electron chi connectivity index (χ3n) is 4.44. The molecule has 6 nitrogen and oxygen atoms in total. The molecule has 0 aromatic heterocycles. The number of anilines is 2. The van der Waals surface area contributed by atoms with Crippen LogP contribution in [0.4, 0.5) is 15.8 Å². The van der Waals surface area contributed by atoms with E-state index in [4.69, 9.17) is 5.73 Å². The Kier molecular flexibility index (Phi) is 3.73. The van der Waals surface area contributed by atoms with Gasteiger partial charge in [0.2, 0.25) is 16.7 Å². The molecular formula is C18H14FN3O3S. The number of thioether (sulfide) groups is 1. The van der Waals surface area contributed by atoms with Gasteiger partial charge in [-0.05, 0) is 24.3 Å². The summed E-state index contributed by atoms with van der Waals surface area (Å²) in [4.78, 5) is 38.7. The van der Waals surface area contributed by atoms with Crippen molar-refractivity contribution in [2.45, 2.75) is 4.87 Å². The highest BCUT2D eigenvalue weighted by molar-refractivity contribution is 8.02. The first kappa shape index (κ1) is 16.6. The third-order valence-corrected chi connectivity index (χ3v) is 5.83. The predicted molar refractivity (Wildman–Crippen MR) is 96.0 cm³/mol. The number of para-hydroxylation sites is 1. The van der Waals surface area contributed by atoms with Gasteiger partial charge in [0.05, 0.1) is 11.4 Å². The minimum atomic E-state index is -1.36. The van der Waals surface area contributed by atoms with Crippen molar-refractivity contribution in [3.63, 3.8) is 0 Å². The fourth-order valence-corrected chi connectivity index (χ4v) is 4.84. The Hall–Kier alpha value is -2.87. The second-order valence-corrected chi connectivity index (χ2v) is 7.18. The van der Waals surface area contributed by atoms with Crippen molar-refractivity contribution < 1.29 is 18.8 Å². The highest BCUT2D eigenvalue weighted by Crippen LogP contribution is 2.55. The molecule has 4 rings (SSSR count). The summed E-state index contributed by atoms with van der Waals surface area (Å²) < 4.78 is 13.8. The molecule has 1 fully saturated rings. The van der Waals surface area contributed by atoms with E-state index >= 15 is 0 Å². The number of benzene rings is 2. The zero-order chi connectivity index (χ0) is 18.5. The number of nitrogens with zero attached hydrogens (tertiary/aromatic N) is 2. The minimum absolute atomic E-state index is 0.0704. The van der Waals surface area contributed by atoms with Crippen LogP contribution in [0.5, 0.6) is 0 Å². The van der Waals surface area contributed by atoms with Crippen LogP contribution in [0.3, 0.4) is 0 Å². The van der Waals surface area contributed by atoms with Crippen molar-refractivity contribution in [2.24, 2.45) is 5.73 Å². The van der Waals surface area contributed by atoms with Crippen LogP contribution < -0.4 is 15.5 Å². The molecule has 2 aromatic carbocycles. The largest absolute Gasteiger partial charge is 0.368 e. The zero-order valence-corrected chi connectivity index (χ0v) is 14.3. The van der Waals surface area contributed by atoms with Gasteiger partial charge in [-0.15, -0.1) is 11.8 Å². The smallest absolute Gasteiger partial charge is 0.269 e. The fraction of sp³-hybridized carbons (Fsp3) is 0.167. The van der Waals surface area contributed by atoms with Crippen LogP contribution in [0.15, 0.2) is 48.5 Å². The number of amides is 3. The number of primary amides is 1. The third kappa shape index (κ3) is 2.22. The van der Waals surface area contributed by atoms with Crippen LogP contribution >= 0.6 is 11.8 Å². The number of fused-ring (bicyclic) bond motifs is 2. The molecule has 0 aliphatic carbocycles. The molecule has 3 amide bonds. The quantitative estimate of drug-likeness (QED) is 0.888. The van der Waals surface area contributed by atoms with Gasteiger partial charge in [-0.3, -0.25) is 24.2 Å². The van der Waals surface area contributed by atoms with Crippen molar-refractivity contribution >= 4 is 40.9 Å². The Balaban J connectivity index is 1.92. The van der Waals surface area contributed by atoms with E-state index in [9.17, 15) is 18.8 Å². The molecule has 1 saturated heterocycles. The topological polar surface area (TPSA) is 83.7 Å². The SMILES string of the molecule is NC(=O)CN1C(=O)C2(SCC(=O)N2c2cccc(F)c2)c2ccccc21. The first-order valence-corrected chi connectivity index (χ1v) is 8.86. The summed E-state index contributed by atoms with van der Waals surface area (Å²) >= 11 is 1.16. The van der Waals surface area contributed by atoms with Crippen molar-refractivity contribution in [3.8, 4) is 0 Å². The summed E-state index contributed by atoms with van der Waals surface area (Å²) in [5, 5.41) is 0. The van der Waals surface area contributed by atoms with Crippen LogP contribution in [-0.4, -0.2) is 30.0 Å². The van der Waals surface area contributed by atoms with Gasteiger partial charge in [-0.2, -0.15) is 0 Å². The number of carbonyl (C=O) groups is 3. The van der Waals surface area contributed by atoms with Crippen LogP contribution in [0.1, 0.15) is 5.56 Å². The zero-order valence-electron chi connectivity index (χ0n) is 13.5. The number of hydrogen-bond donors (Lipinski definition) is 1. The van der Waals surface area contributed by atoms with Crippen molar-refractivity contribution in [1.29, 1.82) is 0 Å². The average molecular weight is 371 g/mol. The summed E-state index contributed by atoms with van der Waals surface area (Å²) in [5.41, 5.74) is 6.71. The standard InChI is InChI=1S/C18H14FN3O3S/c19-11-4-3-5-12(8-11)22-16(24)10-26-18(22)13-6-1-2-7-14(13)21(17(18)25)9-15(20)23/h1-8H,9-10H2,(H2,20,23). The molecule has 26 heavy (non-hydrogen) atoms. The maximum Gasteiger partial charge on any atom is 0.269 e. The van der Waals surface area contributed by atoms with E-state index in [0.717, 1.165) is 11.8 Å². The fourth-order valence-electron chi connectivity index (χ4n) is 3.48. The van der Waals surface area contributed by atoms with Gasteiger partial charge >= 0.3 is 0 Å². The Labute approximate surface area is 152 Å². The van der Waals surface area contributed by atoms with Crippen LogP contribution in [-0.2, 0) is 19.3 Å². The summed E-state index contributed by atoms with van der Waals surface area (Å²) in [6.07, 6.45) is 0. The van der Waals surface area contributed by atoms with Gasteiger partial charge in [-0.25, -0.2) is 4.39 Å². The van der Waals surface area contributed by atoms with Crippen molar-refractivity contribution in [3.05, 3.63) is 59.9 Å². The van der Waals surface area contributed by atoms with Crippen LogP contribution in [0.25, 0.3) is 0 Å². The first-order chi connectivity index (χ1) is 12.4. The van der Waals surface area contributed by atoms with E-state index < -0.39 is 22.5 Å². The molecule has 0 radical (unpaired) electrons.